The predicted octanol–water partition coefficient (Wildman–Crippen LogP) is 4.41. The highest BCUT2D eigenvalue weighted by Gasteiger charge is 2.14. The number of aromatic nitrogens is 4. The molecule has 8 heteroatoms. The second-order valence-electron chi connectivity index (χ2n) is 4.01. The van der Waals surface area contributed by atoms with E-state index in [1.165, 1.54) is 16.8 Å². The molecule has 1 aromatic heterocycles. The lowest BCUT2D eigenvalue weighted by molar-refractivity contribution is 0.427. The zero-order valence-corrected chi connectivity index (χ0v) is 12.6. The van der Waals surface area contributed by atoms with Gasteiger partial charge in [-0.15, -0.1) is 0 Å². The van der Waals surface area contributed by atoms with Crippen LogP contribution in [0.5, 0.6) is 11.8 Å². The van der Waals surface area contributed by atoms with Crippen molar-refractivity contribution < 1.29 is 4.74 Å². The van der Waals surface area contributed by atoms with Crippen LogP contribution in [0.2, 0.25) is 15.1 Å². The highest BCUT2D eigenvalue weighted by molar-refractivity contribution is 6.43. The molecule has 0 saturated carbocycles. The minimum Gasteiger partial charge on any atom is -0.421 e. The molecule has 21 heavy (non-hydrogen) atoms. The molecular weight excluding hydrogens is 335 g/mol. The van der Waals surface area contributed by atoms with Gasteiger partial charge in [0.05, 0.1) is 20.8 Å². The Hall–Kier alpha value is -1.82. The minimum absolute atomic E-state index is 0.168. The van der Waals surface area contributed by atoms with E-state index in [0.717, 1.165) is 5.69 Å². The molecule has 3 aromatic rings. The van der Waals surface area contributed by atoms with E-state index < -0.39 is 0 Å². The lowest BCUT2D eigenvalue weighted by Gasteiger charge is -2.08. The van der Waals surface area contributed by atoms with Gasteiger partial charge in [-0.05, 0) is 28.6 Å². The number of hydrogen-bond donors (Lipinski definition) is 0. The number of halogens is 3. The van der Waals surface area contributed by atoms with Gasteiger partial charge >= 0.3 is 6.01 Å². The Balaban J connectivity index is 1.97. The highest BCUT2D eigenvalue weighted by atomic mass is 35.5. The smallest absolute Gasteiger partial charge is 0.345 e. The molecule has 0 saturated heterocycles. The first-order valence-electron chi connectivity index (χ1n) is 5.81. The predicted molar refractivity (Wildman–Crippen MR) is 80.7 cm³/mol. The average molecular weight is 342 g/mol. The maximum atomic E-state index is 6.07. The maximum absolute atomic E-state index is 6.07. The van der Waals surface area contributed by atoms with Crippen LogP contribution in [-0.4, -0.2) is 20.2 Å². The van der Waals surface area contributed by atoms with Gasteiger partial charge in [0.25, 0.3) is 0 Å². The quantitative estimate of drug-likeness (QED) is 0.662. The van der Waals surface area contributed by atoms with Crippen molar-refractivity contribution in [2.75, 3.05) is 0 Å². The lowest BCUT2D eigenvalue weighted by atomic mass is 10.3. The first-order chi connectivity index (χ1) is 10.1. The number of ether oxygens (including phenoxy) is 1. The summed E-state index contributed by atoms with van der Waals surface area (Å²) < 4.78 is 7.07. The van der Waals surface area contributed by atoms with Gasteiger partial charge in [0, 0.05) is 6.07 Å². The normalized spacial score (nSPS) is 10.6. The minimum atomic E-state index is 0.168. The Labute approximate surface area is 135 Å². The molecule has 0 atom stereocenters. The molecule has 0 spiro atoms. The molecule has 5 nitrogen and oxygen atoms in total. The van der Waals surface area contributed by atoms with Crippen LogP contribution in [0.1, 0.15) is 0 Å². The van der Waals surface area contributed by atoms with Crippen molar-refractivity contribution >= 4 is 34.8 Å². The van der Waals surface area contributed by atoms with E-state index in [0.29, 0.717) is 20.8 Å². The standard InChI is InChI=1S/C13H7Cl3N4O/c14-9-6-11(16)12(7-10(9)15)21-13-17-18-19-20(13)8-4-2-1-3-5-8/h1-7H. The first-order valence-corrected chi connectivity index (χ1v) is 6.95. The number of rotatable bonds is 3. The molecule has 0 aliphatic rings. The summed E-state index contributed by atoms with van der Waals surface area (Å²) in [5.41, 5.74) is 0.758. The Kier molecular flexibility index (Phi) is 3.96. The number of para-hydroxylation sites is 1. The van der Waals surface area contributed by atoms with E-state index in [9.17, 15) is 0 Å². The number of hydrogen-bond acceptors (Lipinski definition) is 4. The molecular formula is C13H7Cl3N4O. The van der Waals surface area contributed by atoms with E-state index in [2.05, 4.69) is 15.5 Å². The van der Waals surface area contributed by atoms with Crippen LogP contribution >= 0.6 is 34.8 Å². The van der Waals surface area contributed by atoms with Gasteiger partial charge in [-0.3, -0.25) is 0 Å². The van der Waals surface area contributed by atoms with Crippen molar-refractivity contribution in [1.82, 2.24) is 20.2 Å². The fourth-order valence-electron chi connectivity index (χ4n) is 1.65. The molecule has 0 bridgehead atoms. The molecule has 0 aliphatic carbocycles. The van der Waals surface area contributed by atoms with E-state index >= 15 is 0 Å². The summed E-state index contributed by atoms with van der Waals surface area (Å²) in [6, 6.07) is 12.5. The van der Waals surface area contributed by atoms with Gasteiger partial charge in [0.15, 0.2) is 5.75 Å². The van der Waals surface area contributed by atoms with E-state index in [1.807, 2.05) is 30.3 Å². The summed E-state index contributed by atoms with van der Waals surface area (Å²) in [6.45, 7) is 0. The van der Waals surface area contributed by atoms with Crippen LogP contribution in [0, 0.1) is 0 Å². The number of nitrogens with zero attached hydrogens (tertiary/aromatic N) is 4. The average Bonchev–Trinajstić information content (AvgIpc) is 2.94. The molecule has 0 radical (unpaired) electrons. The topological polar surface area (TPSA) is 52.8 Å². The summed E-state index contributed by atoms with van der Waals surface area (Å²) >= 11 is 17.9. The SMILES string of the molecule is Clc1cc(Cl)c(Oc2nnnn2-c2ccccc2)cc1Cl. The fourth-order valence-corrected chi connectivity index (χ4v) is 2.23. The second kappa shape index (κ2) is 5.89. The summed E-state index contributed by atoms with van der Waals surface area (Å²) in [4.78, 5) is 0. The van der Waals surface area contributed by atoms with Crippen molar-refractivity contribution in [1.29, 1.82) is 0 Å². The largest absolute Gasteiger partial charge is 0.421 e. The maximum Gasteiger partial charge on any atom is 0.345 e. The lowest BCUT2D eigenvalue weighted by Crippen LogP contribution is -2.00. The van der Waals surface area contributed by atoms with Gasteiger partial charge in [-0.25, -0.2) is 0 Å². The third-order valence-corrected chi connectivity index (χ3v) is 3.64. The monoisotopic (exact) mass is 340 g/mol. The van der Waals surface area contributed by atoms with Gasteiger partial charge in [0.2, 0.25) is 0 Å². The van der Waals surface area contributed by atoms with Gasteiger partial charge in [-0.1, -0.05) is 58.1 Å². The highest BCUT2D eigenvalue weighted by Crippen LogP contribution is 2.36. The zero-order valence-electron chi connectivity index (χ0n) is 10.4. The molecule has 0 amide bonds. The van der Waals surface area contributed by atoms with Gasteiger partial charge in [-0.2, -0.15) is 4.68 Å². The Morgan fingerprint density at radius 1 is 0.905 bits per heavy atom. The molecule has 2 aromatic carbocycles. The molecule has 0 aliphatic heterocycles. The summed E-state index contributed by atoms with van der Waals surface area (Å²) in [7, 11) is 0. The third kappa shape index (κ3) is 2.95. The third-order valence-electron chi connectivity index (χ3n) is 2.62. The fraction of sp³-hybridized carbons (Fsp3) is 0. The first kappa shape index (κ1) is 14.1. The van der Waals surface area contributed by atoms with Crippen LogP contribution in [0.25, 0.3) is 5.69 Å². The molecule has 0 unspecified atom stereocenters. The summed E-state index contributed by atoms with van der Waals surface area (Å²) in [5, 5.41) is 12.3. The molecule has 0 N–H and O–H groups in total. The van der Waals surface area contributed by atoms with Crippen molar-refractivity contribution in [2.45, 2.75) is 0 Å². The van der Waals surface area contributed by atoms with Crippen molar-refractivity contribution in [2.24, 2.45) is 0 Å². The molecule has 1 heterocycles. The Morgan fingerprint density at radius 3 is 2.38 bits per heavy atom. The number of benzene rings is 2. The Morgan fingerprint density at radius 2 is 1.62 bits per heavy atom. The van der Waals surface area contributed by atoms with Crippen molar-refractivity contribution in [3.05, 3.63) is 57.5 Å². The van der Waals surface area contributed by atoms with Crippen LogP contribution in [0.4, 0.5) is 0 Å². The van der Waals surface area contributed by atoms with E-state index in [-0.39, 0.29) is 6.01 Å². The zero-order chi connectivity index (χ0) is 14.8. The van der Waals surface area contributed by atoms with E-state index in [4.69, 9.17) is 39.5 Å². The van der Waals surface area contributed by atoms with Crippen molar-refractivity contribution in [3.63, 3.8) is 0 Å². The number of tetrazole rings is 1. The van der Waals surface area contributed by atoms with Crippen LogP contribution < -0.4 is 4.74 Å². The summed E-state index contributed by atoms with van der Waals surface area (Å²) in [6.07, 6.45) is 0. The van der Waals surface area contributed by atoms with Crippen LogP contribution in [-0.2, 0) is 0 Å². The van der Waals surface area contributed by atoms with Gasteiger partial charge < -0.3 is 4.74 Å². The van der Waals surface area contributed by atoms with Crippen LogP contribution in [0.3, 0.4) is 0 Å². The summed E-state index contributed by atoms with van der Waals surface area (Å²) in [5.74, 6) is 0.318. The van der Waals surface area contributed by atoms with Crippen LogP contribution in [0.15, 0.2) is 42.5 Å². The molecule has 106 valence electrons. The Bertz CT molecular complexity index is 776. The molecule has 0 fully saturated rings. The van der Waals surface area contributed by atoms with Crippen molar-refractivity contribution in [3.8, 4) is 17.4 Å². The second-order valence-corrected chi connectivity index (χ2v) is 5.23. The molecule has 3 rings (SSSR count). The van der Waals surface area contributed by atoms with Gasteiger partial charge in [0.1, 0.15) is 0 Å². The van der Waals surface area contributed by atoms with E-state index in [1.54, 1.807) is 0 Å².